The molecule has 1 aliphatic heterocycles. The quantitative estimate of drug-likeness (QED) is 0.553. The molecule has 0 spiro atoms. The average Bonchev–Trinajstić information content (AvgIpc) is 2.69. The van der Waals surface area contributed by atoms with Gasteiger partial charge in [-0.2, -0.15) is 0 Å². The molecular formula is C22H27FN2O. The van der Waals surface area contributed by atoms with Crippen LogP contribution in [0.25, 0.3) is 0 Å². The molecule has 0 saturated carbocycles. The van der Waals surface area contributed by atoms with E-state index in [-0.39, 0.29) is 18.6 Å². The molecule has 0 aliphatic carbocycles. The SMILES string of the molecule is Cc1ccc(CN2CCN(C(F)CCC(=O)c3ccccc3)CC2)cc1. The number of ketones is 1. The van der Waals surface area contributed by atoms with E-state index >= 15 is 0 Å². The Kier molecular flexibility index (Phi) is 6.53. The number of hydrogen-bond acceptors (Lipinski definition) is 3. The lowest BCUT2D eigenvalue weighted by Gasteiger charge is -2.36. The Balaban J connectivity index is 1.41. The van der Waals surface area contributed by atoms with Crippen LogP contribution in [0, 0.1) is 6.92 Å². The van der Waals surface area contributed by atoms with Crippen LogP contribution in [0.1, 0.15) is 34.3 Å². The van der Waals surface area contributed by atoms with Crippen LogP contribution in [0.5, 0.6) is 0 Å². The first-order chi connectivity index (χ1) is 12.6. The van der Waals surface area contributed by atoms with Crippen molar-refractivity contribution in [2.45, 2.75) is 32.6 Å². The summed E-state index contributed by atoms with van der Waals surface area (Å²) in [4.78, 5) is 16.3. The summed E-state index contributed by atoms with van der Waals surface area (Å²) in [5.41, 5.74) is 3.24. The molecule has 1 atom stereocenters. The highest BCUT2D eigenvalue weighted by atomic mass is 19.1. The summed E-state index contributed by atoms with van der Waals surface area (Å²) in [6, 6.07) is 17.7. The zero-order chi connectivity index (χ0) is 18.4. The molecule has 0 radical (unpaired) electrons. The predicted molar refractivity (Wildman–Crippen MR) is 103 cm³/mol. The molecule has 2 aromatic carbocycles. The standard InChI is InChI=1S/C22H27FN2O/c1-18-7-9-19(10-8-18)17-24-13-15-25(16-14-24)22(23)12-11-21(26)20-5-3-2-4-6-20/h2-10,22H,11-17H2,1H3. The fraction of sp³-hybridized carbons (Fsp3) is 0.409. The van der Waals surface area contributed by atoms with Crippen molar-refractivity contribution in [2.75, 3.05) is 26.2 Å². The second kappa shape index (κ2) is 9.06. The molecule has 1 unspecified atom stereocenters. The summed E-state index contributed by atoms with van der Waals surface area (Å²) < 4.78 is 14.5. The molecule has 1 saturated heterocycles. The van der Waals surface area contributed by atoms with Crippen molar-refractivity contribution in [2.24, 2.45) is 0 Å². The third kappa shape index (κ3) is 5.23. The average molecular weight is 354 g/mol. The highest BCUT2D eigenvalue weighted by Gasteiger charge is 2.24. The van der Waals surface area contributed by atoms with E-state index in [4.69, 9.17) is 0 Å². The first-order valence-corrected chi connectivity index (χ1v) is 9.36. The lowest BCUT2D eigenvalue weighted by atomic mass is 10.1. The van der Waals surface area contributed by atoms with Gasteiger partial charge in [0.05, 0.1) is 0 Å². The molecule has 0 bridgehead atoms. The van der Waals surface area contributed by atoms with Gasteiger partial charge in [0.15, 0.2) is 12.1 Å². The molecule has 2 aromatic rings. The molecule has 0 amide bonds. The van der Waals surface area contributed by atoms with Gasteiger partial charge in [0.2, 0.25) is 0 Å². The molecule has 3 nitrogen and oxygen atoms in total. The van der Waals surface area contributed by atoms with Crippen LogP contribution in [-0.4, -0.2) is 48.1 Å². The van der Waals surface area contributed by atoms with Crippen molar-refractivity contribution in [1.82, 2.24) is 9.80 Å². The van der Waals surface area contributed by atoms with Crippen molar-refractivity contribution in [3.8, 4) is 0 Å². The summed E-state index contributed by atoms with van der Waals surface area (Å²) in [6.07, 6.45) is -0.510. The van der Waals surface area contributed by atoms with Crippen LogP contribution in [0.4, 0.5) is 4.39 Å². The maximum atomic E-state index is 14.5. The van der Waals surface area contributed by atoms with E-state index in [9.17, 15) is 9.18 Å². The van der Waals surface area contributed by atoms with Crippen LogP contribution < -0.4 is 0 Å². The molecular weight excluding hydrogens is 327 g/mol. The number of halogens is 1. The number of aryl methyl sites for hydroxylation is 1. The Morgan fingerprint density at radius 2 is 1.65 bits per heavy atom. The van der Waals surface area contributed by atoms with Crippen molar-refractivity contribution in [3.63, 3.8) is 0 Å². The summed E-state index contributed by atoms with van der Waals surface area (Å²) in [5.74, 6) is 0.0197. The normalized spacial score (nSPS) is 17.2. The van der Waals surface area contributed by atoms with Gasteiger partial charge >= 0.3 is 0 Å². The number of benzene rings is 2. The number of nitrogens with zero attached hydrogens (tertiary/aromatic N) is 2. The minimum Gasteiger partial charge on any atom is -0.297 e. The number of alkyl halides is 1. The van der Waals surface area contributed by atoms with Gasteiger partial charge in [-0.05, 0) is 18.9 Å². The summed E-state index contributed by atoms with van der Waals surface area (Å²) in [5, 5.41) is 0. The van der Waals surface area contributed by atoms with E-state index in [0.29, 0.717) is 18.7 Å². The van der Waals surface area contributed by atoms with Crippen molar-refractivity contribution in [3.05, 3.63) is 71.3 Å². The van der Waals surface area contributed by atoms with Gasteiger partial charge in [0.1, 0.15) is 0 Å². The molecule has 26 heavy (non-hydrogen) atoms. The Bertz CT molecular complexity index is 694. The summed E-state index contributed by atoms with van der Waals surface area (Å²) >= 11 is 0. The lowest BCUT2D eigenvalue weighted by Crippen LogP contribution is -2.48. The van der Waals surface area contributed by atoms with E-state index in [1.807, 2.05) is 23.1 Å². The first kappa shape index (κ1) is 18.7. The fourth-order valence-electron chi connectivity index (χ4n) is 3.35. The maximum absolute atomic E-state index is 14.5. The van der Waals surface area contributed by atoms with Gasteiger partial charge in [0.25, 0.3) is 0 Å². The van der Waals surface area contributed by atoms with Crippen molar-refractivity contribution < 1.29 is 9.18 Å². The lowest BCUT2D eigenvalue weighted by molar-refractivity contribution is 0.0237. The molecule has 1 fully saturated rings. The largest absolute Gasteiger partial charge is 0.297 e. The maximum Gasteiger partial charge on any atom is 0.163 e. The smallest absolute Gasteiger partial charge is 0.163 e. The van der Waals surface area contributed by atoms with E-state index in [1.165, 1.54) is 11.1 Å². The zero-order valence-electron chi connectivity index (χ0n) is 15.4. The van der Waals surface area contributed by atoms with Gasteiger partial charge in [0, 0.05) is 44.7 Å². The van der Waals surface area contributed by atoms with Gasteiger partial charge in [-0.1, -0.05) is 60.2 Å². The molecule has 3 rings (SSSR count). The molecule has 0 N–H and O–H groups in total. The molecule has 4 heteroatoms. The van der Waals surface area contributed by atoms with E-state index in [2.05, 4.69) is 36.1 Å². The van der Waals surface area contributed by atoms with Crippen molar-refractivity contribution >= 4 is 5.78 Å². The number of carbonyl (C=O) groups excluding carboxylic acids is 1. The third-order valence-corrected chi connectivity index (χ3v) is 5.04. The van der Waals surface area contributed by atoms with E-state index < -0.39 is 6.30 Å². The van der Waals surface area contributed by atoms with E-state index in [0.717, 1.165) is 19.6 Å². The van der Waals surface area contributed by atoms with Crippen LogP contribution in [0.2, 0.25) is 0 Å². The number of Topliss-reactive ketones (excluding diaryl/α,β-unsaturated/α-hetero) is 1. The summed E-state index contributed by atoms with van der Waals surface area (Å²) in [6.45, 7) is 6.16. The second-order valence-electron chi connectivity index (χ2n) is 7.06. The molecule has 138 valence electrons. The minimum atomic E-state index is -1.04. The predicted octanol–water partition coefficient (Wildman–Crippen LogP) is 4.07. The Hall–Kier alpha value is -2.04. The number of carbonyl (C=O) groups is 1. The molecule has 0 aromatic heterocycles. The Morgan fingerprint density at radius 1 is 1.00 bits per heavy atom. The number of piperazine rings is 1. The van der Waals surface area contributed by atoms with E-state index in [1.54, 1.807) is 12.1 Å². The Morgan fingerprint density at radius 3 is 2.31 bits per heavy atom. The fourth-order valence-corrected chi connectivity index (χ4v) is 3.35. The van der Waals surface area contributed by atoms with Gasteiger partial charge < -0.3 is 0 Å². The monoisotopic (exact) mass is 354 g/mol. The van der Waals surface area contributed by atoms with Crippen LogP contribution in [0.3, 0.4) is 0 Å². The zero-order valence-corrected chi connectivity index (χ0v) is 15.4. The van der Waals surface area contributed by atoms with Crippen LogP contribution in [0.15, 0.2) is 54.6 Å². The van der Waals surface area contributed by atoms with Crippen LogP contribution >= 0.6 is 0 Å². The van der Waals surface area contributed by atoms with Gasteiger partial charge in [-0.3, -0.25) is 14.6 Å². The van der Waals surface area contributed by atoms with Crippen LogP contribution in [-0.2, 0) is 6.54 Å². The van der Waals surface area contributed by atoms with Gasteiger partial charge in [-0.15, -0.1) is 0 Å². The third-order valence-electron chi connectivity index (χ3n) is 5.04. The van der Waals surface area contributed by atoms with Gasteiger partial charge in [-0.25, -0.2) is 4.39 Å². The number of rotatable bonds is 7. The highest BCUT2D eigenvalue weighted by molar-refractivity contribution is 5.95. The summed E-state index contributed by atoms with van der Waals surface area (Å²) in [7, 11) is 0. The number of hydrogen-bond donors (Lipinski definition) is 0. The second-order valence-corrected chi connectivity index (χ2v) is 7.06. The first-order valence-electron chi connectivity index (χ1n) is 9.36. The Labute approximate surface area is 155 Å². The highest BCUT2D eigenvalue weighted by Crippen LogP contribution is 2.16. The molecule has 1 aliphatic rings. The minimum absolute atomic E-state index is 0.0197. The molecule has 1 heterocycles. The topological polar surface area (TPSA) is 23.6 Å². The van der Waals surface area contributed by atoms with Crippen molar-refractivity contribution in [1.29, 1.82) is 0 Å².